The molecule has 26 heavy (non-hydrogen) atoms. The zero-order chi connectivity index (χ0) is 17.9. The Morgan fingerprint density at radius 3 is 2.96 bits per heavy atom. The van der Waals surface area contributed by atoms with Crippen LogP contribution < -0.4 is 10.6 Å². The third-order valence-corrected chi connectivity index (χ3v) is 5.33. The first-order valence-electron chi connectivity index (χ1n) is 9.53. The molecule has 0 unspecified atom stereocenters. The minimum atomic E-state index is 0.166. The molecule has 1 saturated heterocycles. The van der Waals surface area contributed by atoms with E-state index in [9.17, 15) is 4.79 Å². The zero-order valence-electron chi connectivity index (χ0n) is 15.3. The van der Waals surface area contributed by atoms with Gasteiger partial charge >= 0.3 is 0 Å². The summed E-state index contributed by atoms with van der Waals surface area (Å²) in [5, 5.41) is 11.7. The molecule has 2 aliphatic rings. The summed E-state index contributed by atoms with van der Waals surface area (Å²) in [6.45, 7) is 6.42. The normalized spacial score (nSPS) is 20.7. The monoisotopic (exact) mass is 353 g/mol. The third-order valence-electron chi connectivity index (χ3n) is 5.33. The summed E-state index contributed by atoms with van der Waals surface area (Å²) in [7, 11) is 0. The molecule has 1 amide bonds. The highest BCUT2D eigenvalue weighted by Gasteiger charge is 2.25. The molecule has 1 aromatic heterocycles. The van der Waals surface area contributed by atoms with Crippen molar-refractivity contribution in [3.63, 3.8) is 0 Å². The average Bonchev–Trinajstić information content (AvgIpc) is 3.23. The molecular formula is C20H27N5O. The Hall–Kier alpha value is -2.34. The number of nitrogens with zero attached hydrogens (tertiary/aromatic N) is 3. The zero-order valence-corrected chi connectivity index (χ0v) is 15.3. The molecule has 2 N–H and O–H groups in total. The van der Waals surface area contributed by atoms with Crippen LogP contribution >= 0.6 is 0 Å². The van der Waals surface area contributed by atoms with Crippen molar-refractivity contribution in [1.29, 1.82) is 0 Å². The van der Waals surface area contributed by atoms with E-state index >= 15 is 0 Å². The van der Waals surface area contributed by atoms with Gasteiger partial charge in [0.05, 0.1) is 5.69 Å². The molecule has 1 aromatic carbocycles. The summed E-state index contributed by atoms with van der Waals surface area (Å²) in [5.74, 6) is 1.87. The average molecular weight is 353 g/mol. The summed E-state index contributed by atoms with van der Waals surface area (Å²) >= 11 is 0. The number of hydrogen-bond acceptors (Lipinski definition) is 4. The van der Waals surface area contributed by atoms with Gasteiger partial charge in [-0.3, -0.25) is 4.79 Å². The highest BCUT2D eigenvalue weighted by molar-refractivity contribution is 5.78. The van der Waals surface area contributed by atoms with E-state index in [4.69, 9.17) is 0 Å². The fraction of sp³-hybridized carbons (Fsp3) is 0.500. The molecular weight excluding hydrogens is 326 g/mol. The lowest BCUT2D eigenvalue weighted by atomic mass is 10.0. The first-order valence-corrected chi connectivity index (χ1v) is 9.53. The summed E-state index contributed by atoms with van der Waals surface area (Å²) in [4.78, 5) is 14.1. The predicted molar refractivity (Wildman–Crippen MR) is 102 cm³/mol. The van der Waals surface area contributed by atoms with Crippen molar-refractivity contribution in [2.75, 3.05) is 31.5 Å². The molecule has 0 saturated carbocycles. The van der Waals surface area contributed by atoms with Crippen molar-refractivity contribution < 1.29 is 4.79 Å². The molecule has 0 spiro atoms. The predicted octanol–water partition coefficient (Wildman–Crippen LogP) is 2.19. The van der Waals surface area contributed by atoms with E-state index in [1.165, 1.54) is 5.56 Å². The van der Waals surface area contributed by atoms with E-state index < -0.39 is 0 Å². The molecule has 6 heteroatoms. The molecule has 2 atom stereocenters. The van der Waals surface area contributed by atoms with Gasteiger partial charge in [-0.2, -0.15) is 5.10 Å². The minimum absolute atomic E-state index is 0.166. The molecule has 0 aliphatic carbocycles. The Morgan fingerprint density at radius 1 is 1.35 bits per heavy atom. The second-order valence-corrected chi connectivity index (χ2v) is 7.41. The fourth-order valence-corrected chi connectivity index (χ4v) is 3.92. The van der Waals surface area contributed by atoms with Crippen LogP contribution in [0, 0.1) is 12.8 Å². The van der Waals surface area contributed by atoms with Crippen LogP contribution in [0.4, 0.5) is 5.82 Å². The minimum Gasteiger partial charge on any atom is -0.370 e. The van der Waals surface area contributed by atoms with Gasteiger partial charge in [0, 0.05) is 57.2 Å². The topological polar surface area (TPSA) is 62.2 Å². The fourth-order valence-electron chi connectivity index (χ4n) is 3.92. The van der Waals surface area contributed by atoms with Gasteiger partial charge in [0.25, 0.3) is 0 Å². The van der Waals surface area contributed by atoms with Crippen LogP contribution in [0.25, 0.3) is 0 Å². The van der Waals surface area contributed by atoms with E-state index in [2.05, 4.69) is 50.7 Å². The van der Waals surface area contributed by atoms with Crippen molar-refractivity contribution >= 4 is 11.7 Å². The molecule has 138 valence electrons. The largest absolute Gasteiger partial charge is 0.370 e. The van der Waals surface area contributed by atoms with E-state index in [1.54, 1.807) is 0 Å². The second kappa shape index (κ2) is 7.50. The van der Waals surface area contributed by atoms with Crippen molar-refractivity contribution in [2.24, 2.45) is 5.92 Å². The first-order chi connectivity index (χ1) is 12.7. The number of carbonyl (C=O) groups excluding carboxylic acids is 1. The number of benzene rings is 1. The number of fused-ring (bicyclic) bond motifs is 1. The van der Waals surface area contributed by atoms with Gasteiger partial charge in [0.15, 0.2) is 0 Å². The summed E-state index contributed by atoms with van der Waals surface area (Å²) in [6.07, 6.45) is 1.67. The van der Waals surface area contributed by atoms with Crippen LogP contribution in [0.5, 0.6) is 0 Å². The Bertz CT molecular complexity index is 757. The van der Waals surface area contributed by atoms with Gasteiger partial charge < -0.3 is 15.5 Å². The quantitative estimate of drug-likeness (QED) is 0.836. The summed E-state index contributed by atoms with van der Waals surface area (Å²) < 4.78 is 2.06. The number of aromatic nitrogens is 2. The number of rotatable bonds is 6. The van der Waals surface area contributed by atoms with E-state index in [0.29, 0.717) is 12.3 Å². The van der Waals surface area contributed by atoms with Crippen molar-refractivity contribution in [3.05, 3.63) is 47.7 Å². The summed E-state index contributed by atoms with van der Waals surface area (Å²) in [6, 6.07) is 12.7. The smallest absolute Gasteiger partial charge is 0.222 e. The molecule has 0 radical (unpaired) electrons. The molecule has 0 bridgehead atoms. The lowest BCUT2D eigenvalue weighted by Gasteiger charge is -2.29. The van der Waals surface area contributed by atoms with Gasteiger partial charge in [-0.25, -0.2) is 4.68 Å². The Morgan fingerprint density at radius 2 is 2.19 bits per heavy atom. The van der Waals surface area contributed by atoms with Gasteiger partial charge in [-0.15, -0.1) is 0 Å². The van der Waals surface area contributed by atoms with Crippen LogP contribution in [0.1, 0.15) is 30.1 Å². The number of amides is 1. The molecule has 2 aromatic rings. The lowest BCUT2D eigenvalue weighted by Crippen LogP contribution is -2.41. The highest BCUT2D eigenvalue weighted by Crippen LogP contribution is 2.21. The maximum absolute atomic E-state index is 12.1. The van der Waals surface area contributed by atoms with Crippen molar-refractivity contribution in [1.82, 2.24) is 20.0 Å². The Kier molecular flexibility index (Phi) is 4.93. The van der Waals surface area contributed by atoms with E-state index in [-0.39, 0.29) is 11.9 Å². The first kappa shape index (κ1) is 17.1. The Balaban J connectivity index is 1.41. The third kappa shape index (κ3) is 3.75. The Labute approximate surface area is 154 Å². The SMILES string of the molecule is Cc1cc2n(n1)C[C@@H](CN[C@@H](CN1CCCC1=O)c1ccccc1)CN2. The molecule has 1 fully saturated rings. The van der Waals surface area contributed by atoms with Gasteiger partial charge in [-0.1, -0.05) is 30.3 Å². The number of anilines is 1. The molecule has 3 heterocycles. The molecule has 4 rings (SSSR count). The van der Waals surface area contributed by atoms with Gasteiger partial charge in [0.1, 0.15) is 5.82 Å². The van der Waals surface area contributed by atoms with Gasteiger partial charge in [-0.05, 0) is 18.9 Å². The van der Waals surface area contributed by atoms with Crippen LogP contribution in [-0.4, -0.2) is 46.8 Å². The summed E-state index contributed by atoms with van der Waals surface area (Å²) in [5.41, 5.74) is 2.29. The number of nitrogens with one attached hydrogen (secondary N) is 2. The number of aryl methyl sites for hydroxylation is 1. The number of hydrogen-bond donors (Lipinski definition) is 2. The standard InChI is InChI=1S/C20H27N5O/c1-15-10-19-22-12-16(13-25(19)23-15)11-21-18(17-6-3-2-4-7-17)14-24-9-5-8-20(24)26/h2-4,6-7,10,16,18,21-22H,5,8-9,11-14H2,1H3/t16-,18-/m0/s1. The van der Waals surface area contributed by atoms with E-state index in [1.807, 2.05) is 17.9 Å². The second-order valence-electron chi connectivity index (χ2n) is 7.41. The van der Waals surface area contributed by atoms with Crippen LogP contribution in [0.15, 0.2) is 36.4 Å². The maximum atomic E-state index is 12.1. The van der Waals surface area contributed by atoms with Gasteiger partial charge in [0.2, 0.25) is 5.91 Å². The number of carbonyl (C=O) groups is 1. The molecule has 2 aliphatic heterocycles. The maximum Gasteiger partial charge on any atom is 0.222 e. The lowest BCUT2D eigenvalue weighted by molar-refractivity contribution is -0.128. The number of likely N-dealkylation sites (tertiary alicyclic amines) is 1. The highest BCUT2D eigenvalue weighted by atomic mass is 16.2. The van der Waals surface area contributed by atoms with Crippen molar-refractivity contribution in [3.8, 4) is 0 Å². The van der Waals surface area contributed by atoms with Crippen molar-refractivity contribution in [2.45, 2.75) is 32.4 Å². The molecule has 6 nitrogen and oxygen atoms in total. The van der Waals surface area contributed by atoms with Crippen LogP contribution in [0.2, 0.25) is 0 Å². The van der Waals surface area contributed by atoms with Crippen LogP contribution in [-0.2, 0) is 11.3 Å². The van der Waals surface area contributed by atoms with Crippen LogP contribution in [0.3, 0.4) is 0 Å². The van der Waals surface area contributed by atoms with E-state index in [0.717, 1.165) is 50.7 Å².